The average Bonchev–Trinajstić information content (AvgIpc) is 2.45. The van der Waals surface area contributed by atoms with Crippen molar-refractivity contribution in [2.24, 2.45) is 17.6 Å². The third kappa shape index (κ3) is 4.19. The summed E-state index contributed by atoms with van der Waals surface area (Å²) in [5.74, 6) is 0.974. The lowest BCUT2D eigenvalue weighted by atomic mass is 9.78. The van der Waals surface area contributed by atoms with Crippen LogP contribution >= 0.6 is 0 Å². The van der Waals surface area contributed by atoms with Gasteiger partial charge in [-0.3, -0.25) is 9.69 Å². The lowest BCUT2D eigenvalue weighted by molar-refractivity contribution is -0.139. The van der Waals surface area contributed by atoms with Crippen LogP contribution in [-0.2, 0) is 4.79 Å². The maximum atomic E-state index is 12.7. The molecule has 4 heteroatoms. The van der Waals surface area contributed by atoms with Crippen LogP contribution in [0.1, 0.15) is 53.4 Å². The fourth-order valence-electron chi connectivity index (χ4n) is 3.81. The van der Waals surface area contributed by atoms with Crippen molar-refractivity contribution in [1.29, 1.82) is 0 Å². The predicted molar refractivity (Wildman–Crippen MR) is 87.0 cm³/mol. The summed E-state index contributed by atoms with van der Waals surface area (Å²) < 4.78 is 0. The smallest absolute Gasteiger partial charge is 0.225 e. The molecule has 0 aromatic carbocycles. The number of nitrogens with two attached hydrogens (primary N) is 1. The molecule has 122 valence electrons. The summed E-state index contributed by atoms with van der Waals surface area (Å²) in [7, 11) is 0. The van der Waals surface area contributed by atoms with Crippen molar-refractivity contribution in [3.05, 3.63) is 0 Å². The van der Waals surface area contributed by atoms with Gasteiger partial charge in [-0.1, -0.05) is 13.3 Å². The second-order valence-corrected chi connectivity index (χ2v) is 7.96. The van der Waals surface area contributed by atoms with E-state index in [9.17, 15) is 4.79 Å². The SMILES string of the molecule is CC(C(=O)N1CCN(C(C)(C)C)CC1)C1CCCC(N)C1. The standard InChI is InChI=1S/C17H33N3O/c1-13(14-6-5-7-15(18)12-14)16(21)19-8-10-20(11-9-19)17(2,3)4/h13-15H,5-12,18H2,1-4H3. The van der Waals surface area contributed by atoms with E-state index in [1.165, 1.54) is 12.8 Å². The van der Waals surface area contributed by atoms with Gasteiger partial charge in [0.2, 0.25) is 5.91 Å². The van der Waals surface area contributed by atoms with Crippen molar-refractivity contribution in [2.75, 3.05) is 26.2 Å². The molecular formula is C17H33N3O. The zero-order valence-electron chi connectivity index (χ0n) is 14.3. The quantitative estimate of drug-likeness (QED) is 0.848. The topological polar surface area (TPSA) is 49.6 Å². The second kappa shape index (κ2) is 6.66. The molecule has 0 spiro atoms. The van der Waals surface area contributed by atoms with Gasteiger partial charge in [-0.2, -0.15) is 0 Å². The fourth-order valence-corrected chi connectivity index (χ4v) is 3.81. The van der Waals surface area contributed by atoms with Gasteiger partial charge >= 0.3 is 0 Å². The number of carbonyl (C=O) groups excluding carboxylic acids is 1. The van der Waals surface area contributed by atoms with E-state index in [4.69, 9.17) is 5.73 Å². The molecule has 0 aromatic rings. The molecule has 2 N–H and O–H groups in total. The summed E-state index contributed by atoms with van der Waals surface area (Å²) in [4.78, 5) is 17.3. The van der Waals surface area contributed by atoms with Gasteiger partial charge in [-0.25, -0.2) is 0 Å². The van der Waals surface area contributed by atoms with E-state index < -0.39 is 0 Å². The Morgan fingerprint density at radius 1 is 1.14 bits per heavy atom. The number of rotatable bonds is 2. The fraction of sp³-hybridized carbons (Fsp3) is 0.941. The molecule has 4 nitrogen and oxygen atoms in total. The minimum atomic E-state index is 0.137. The molecule has 1 aliphatic heterocycles. The van der Waals surface area contributed by atoms with Crippen molar-refractivity contribution < 1.29 is 4.79 Å². The lowest BCUT2D eigenvalue weighted by Crippen LogP contribution is -2.55. The number of hydrogen-bond donors (Lipinski definition) is 1. The highest BCUT2D eigenvalue weighted by molar-refractivity contribution is 5.79. The zero-order valence-corrected chi connectivity index (χ0v) is 14.3. The molecule has 0 radical (unpaired) electrons. The first-order valence-electron chi connectivity index (χ1n) is 8.58. The molecule has 1 heterocycles. The first kappa shape index (κ1) is 16.8. The van der Waals surface area contributed by atoms with Crippen LogP contribution in [0.5, 0.6) is 0 Å². The van der Waals surface area contributed by atoms with Crippen LogP contribution in [0.4, 0.5) is 0 Å². The molecule has 1 saturated carbocycles. The Kier molecular flexibility index (Phi) is 5.31. The van der Waals surface area contributed by atoms with E-state index in [1.807, 2.05) is 0 Å². The van der Waals surface area contributed by atoms with Gasteiger partial charge in [0.15, 0.2) is 0 Å². The zero-order chi connectivity index (χ0) is 15.6. The van der Waals surface area contributed by atoms with Crippen LogP contribution in [-0.4, -0.2) is 53.5 Å². The molecule has 1 saturated heterocycles. The average molecular weight is 295 g/mol. The molecule has 0 aromatic heterocycles. The van der Waals surface area contributed by atoms with E-state index in [0.717, 1.165) is 39.0 Å². The predicted octanol–water partition coefficient (Wildman–Crippen LogP) is 2.08. The van der Waals surface area contributed by atoms with Gasteiger partial charge in [-0.05, 0) is 46.0 Å². The molecular weight excluding hydrogens is 262 g/mol. The van der Waals surface area contributed by atoms with E-state index in [1.54, 1.807) is 0 Å². The minimum absolute atomic E-state index is 0.137. The van der Waals surface area contributed by atoms with Crippen LogP contribution in [0, 0.1) is 11.8 Å². The van der Waals surface area contributed by atoms with Gasteiger partial charge < -0.3 is 10.6 Å². The Bertz CT molecular complexity index is 356. The Balaban J connectivity index is 1.86. The van der Waals surface area contributed by atoms with Crippen LogP contribution in [0.25, 0.3) is 0 Å². The van der Waals surface area contributed by atoms with Crippen molar-refractivity contribution in [3.63, 3.8) is 0 Å². The maximum absolute atomic E-state index is 12.7. The number of amides is 1. The van der Waals surface area contributed by atoms with Crippen molar-refractivity contribution in [2.45, 2.75) is 65.0 Å². The van der Waals surface area contributed by atoms with Crippen LogP contribution in [0.2, 0.25) is 0 Å². The Hall–Kier alpha value is -0.610. The number of carbonyl (C=O) groups is 1. The van der Waals surface area contributed by atoms with Gasteiger partial charge in [0, 0.05) is 43.7 Å². The highest BCUT2D eigenvalue weighted by Gasteiger charge is 2.33. The highest BCUT2D eigenvalue weighted by atomic mass is 16.2. The van der Waals surface area contributed by atoms with Crippen molar-refractivity contribution in [1.82, 2.24) is 9.80 Å². The van der Waals surface area contributed by atoms with Gasteiger partial charge in [0.05, 0.1) is 0 Å². The van der Waals surface area contributed by atoms with Gasteiger partial charge in [0.1, 0.15) is 0 Å². The number of nitrogens with zero attached hydrogens (tertiary/aromatic N) is 2. The summed E-state index contributed by atoms with van der Waals surface area (Å²) in [6.07, 6.45) is 4.50. The monoisotopic (exact) mass is 295 g/mol. The Morgan fingerprint density at radius 3 is 2.29 bits per heavy atom. The number of hydrogen-bond acceptors (Lipinski definition) is 3. The normalized spacial score (nSPS) is 30.2. The molecule has 3 unspecified atom stereocenters. The summed E-state index contributed by atoms with van der Waals surface area (Å²) in [5, 5.41) is 0. The van der Waals surface area contributed by atoms with Crippen LogP contribution in [0.3, 0.4) is 0 Å². The van der Waals surface area contributed by atoms with Crippen LogP contribution in [0.15, 0.2) is 0 Å². The summed E-state index contributed by atoms with van der Waals surface area (Å²) in [6, 6.07) is 0.303. The lowest BCUT2D eigenvalue weighted by Gasteiger charge is -2.43. The van der Waals surface area contributed by atoms with E-state index in [0.29, 0.717) is 17.9 Å². The maximum Gasteiger partial charge on any atom is 0.225 e. The van der Waals surface area contributed by atoms with Crippen LogP contribution < -0.4 is 5.73 Å². The largest absolute Gasteiger partial charge is 0.340 e. The Morgan fingerprint density at radius 2 is 1.76 bits per heavy atom. The summed E-state index contributed by atoms with van der Waals surface area (Å²) in [6.45, 7) is 12.6. The third-order valence-electron chi connectivity index (χ3n) is 5.39. The first-order chi connectivity index (χ1) is 9.79. The van der Waals surface area contributed by atoms with Crippen molar-refractivity contribution in [3.8, 4) is 0 Å². The van der Waals surface area contributed by atoms with E-state index in [-0.39, 0.29) is 11.5 Å². The summed E-state index contributed by atoms with van der Waals surface area (Å²) in [5.41, 5.74) is 6.28. The van der Waals surface area contributed by atoms with Gasteiger partial charge in [0.25, 0.3) is 0 Å². The molecule has 2 aliphatic rings. The highest BCUT2D eigenvalue weighted by Crippen LogP contribution is 2.30. The summed E-state index contributed by atoms with van der Waals surface area (Å²) >= 11 is 0. The van der Waals surface area contributed by atoms with Crippen molar-refractivity contribution >= 4 is 5.91 Å². The molecule has 0 bridgehead atoms. The Labute approximate surface area is 130 Å². The third-order valence-corrected chi connectivity index (χ3v) is 5.39. The number of piperazine rings is 1. The molecule has 1 amide bonds. The molecule has 3 atom stereocenters. The molecule has 2 fully saturated rings. The van der Waals surface area contributed by atoms with E-state index in [2.05, 4.69) is 37.5 Å². The first-order valence-corrected chi connectivity index (χ1v) is 8.58. The van der Waals surface area contributed by atoms with Gasteiger partial charge in [-0.15, -0.1) is 0 Å². The minimum Gasteiger partial charge on any atom is -0.340 e. The van der Waals surface area contributed by atoms with E-state index >= 15 is 0 Å². The molecule has 1 aliphatic carbocycles. The molecule has 2 rings (SSSR count). The second-order valence-electron chi connectivity index (χ2n) is 7.96. The molecule has 21 heavy (non-hydrogen) atoms.